The van der Waals surface area contributed by atoms with Gasteiger partial charge in [0.2, 0.25) is 0 Å². The fraction of sp³-hybridized carbons (Fsp3) is 0.923. The first-order valence-electron chi connectivity index (χ1n) is 6.57. The van der Waals surface area contributed by atoms with Crippen LogP contribution in [-0.2, 0) is 4.74 Å². The average Bonchev–Trinajstić information content (AvgIpc) is 2.54. The van der Waals surface area contributed by atoms with Crippen molar-refractivity contribution < 1.29 is 9.53 Å². The molecule has 4 heteroatoms. The number of likely N-dealkylation sites (tertiary alicyclic amines) is 1. The van der Waals surface area contributed by atoms with E-state index in [2.05, 4.69) is 0 Å². The maximum absolute atomic E-state index is 12.2. The van der Waals surface area contributed by atoms with E-state index >= 15 is 0 Å². The van der Waals surface area contributed by atoms with E-state index in [1.54, 1.807) is 0 Å². The first-order chi connectivity index (χ1) is 7.86. The number of fused-ring (bicyclic) bond motifs is 2. The number of ether oxygens (including phenoxy) is 1. The molecule has 1 heterocycles. The smallest absolute Gasteiger partial charge is 0.410 e. The van der Waals surface area contributed by atoms with Crippen LogP contribution in [0.4, 0.5) is 4.79 Å². The molecule has 0 aromatic heterocycles. The van der Waals surface area contributed by atoms with E-state index in [4.69, 9.17) is 10.5 Å². The second kappa shape index (κ2) is 4.16. The Labute approximate surface area is 103 Å². The van der Waals surface area contributed by atoms with Gasteiger partial charge >= 0.3 is 6.09 Å². The van der Waals surface area contributed by atoms with Crippen molar-refractivity contribution in [1.29, 1.82) is 0 Å². The number of amides is 1. The number of carbonyl (C=O) groups is 1. The molecule has 0 aromatic rings. The van der Waals surface area contributed by atoms with Crippen LogP contribution in [-0.4, -0.2) is 35.2 Å². The largest absolute Gasteiger partial charge is 0.444 e. The zero-order valence-corrected chi connectivity index (χ0v) is 11.2. The van der Waals surface area contributed by atoms with Crippen LogP contribution in [0.15, 0.2) is 0 Å². The van der Waals surface area contributed by atoms with Gasteiger partial charge in [-0.1, -0.05) is 0 Å². The summed E-state index contributed by atoms with van der Waals surface area (Å²) in [5.41, 5.74) is 5.37. The Morgan fingerprint density at radius 2 is 2.18 bits per heavy atom. The molecule has 2 N–H and O–H groups in total. The molecule has 2 rings (SSSR count). The molecular formula is C13H24N2O2. The summed E-state index contributed by atoms with van der Waals surface area (Å²) in [5, 5.41) is 0. The fourth-order valence-corrected chi connectivity index (χ4v) is 3.15. The molecule has 2 bridgehead atoms. The molecule has 1 saturated heterocycles. The van der Waals surface area contributed by atoms with Crippen molar-refractivity contribution >= 4 is 6.09 Å². The molecule has 2 aliphatic rings. The summed E-state index contributed by atoms with van der Waals surface area (Å²) in [5.74, 6) is 0.761. The van der Waals surface area contributed by atoms with Crippen LogP contribution in [0.25, 0.3) is 0 Å². The van der Waals surface area contributed by atoms with E-state index in [-0.39, 0.29) is 11.6 Å². The van der Waals surface area contributed by atoms with Crippen molar-refractivity contribution in [2.24, 2.45) is 11.7 Å². The molecule has 2 fully saturated rings. The Morgan fingerprint density at radius 3 is 2.76 bits per heavy atom. The van der Waals surface area contributed by atoms with E-state index in [0.717, 1.165) is 31.7 Å². The third-order valence-electron chi connectivity index (χ3n) is 4.01. The standard InChI is InChI=1S/C13H24N2O2/c1-12(2,3)17-11(16)15-7-5-10-4-6-13(15,8-10)9-14/h10H,4-9,14H2,1-3H3. The number of rotatable bonds is 1. The van der Waals surface area contributed by atoms with Crippen molar-refractivity contribution in [1.82, 2.24) is 4.90 Å². The van der Waals surface area contributed by atoms with Gasteiger partial charge in [-0.2, -0.15) is 0 Å². The molecule has 17 heavy (non-hydrogen) atoms. The van der Waals surface area contributed by atoms with Gasteiger partial charge in [0, 0.05) is 13.1 Å². The molecule has 2 unspecified atom stereocenters. The summed E-state index contributed by atoms with van der Waals surface area (Å²) in [6.45, 7) is 7.07. The van der Waals surface area contributed by atoms with E-state index in [0.29, 0.717) is 6.54 Å². The van der Waals surface area contributed by atoms with Crippen LogP contribution < -0.4 is 5.73 Å². The predicted molar refractivity (Wildman–Crippen MR) is 66.7 cm³/mol. The van der Waals surface area contributed by atoms with Crippen molar-refractivity contribution in [3.63, 3.8) is 0 Å². The summed E-state index contributed by atoms with van der Waals surface area (Å²) in [6.07, 6.45) is 4.21. The third-order valence-corrected chi connectivity index (χ3v) is 4.01. The summed E-state index contributed by atoms with van der Waals surface area (Å²) >= 11 is 0. The number of piperidine rings is 1. The number of carbonyl (C=O) groups excluding carboxylic acids is 1. The summed E-state index contributed by atoms with van der Waals surface area (Å²) < 4.78 is 5.49. The number of hydrogen-bond acceptors (Lipinski definition) is 3. The first-order valence-corrected chi connectivity index (χ1v) is 6.57. The molecule has 1 aliphatic heterocycles. The minimum absolute atomic E-state index is 0.120. The van der Waals surface area contributed by atoms with Crippen LogP contribution in [0.1, 0.15) is 46.5 Å². The molecule has 98 valence electrons. The zero-order chi connectivity index (χ0) is 12.7. The third kappa shape index (κ3) is 2.41. The SMILES string of the molecule is CC(C)(C)OC(=O)N1CCC2CCC1(CN)C2. The Morgan fingerprint density at radius 1 is 1.47 bits per heavy atom. The maximum Gasteiger partial charge on any atom is 0.410 e. The molecule has 1 saturated carbocycles. The second-order valence-electron chi connectivity index (χ2n) is 6.46. The lowest BCUT2D eigenvalue weighted by molar-refractivity contribution is -0.00957. The predicted octanol–water partition coefficient (Wildman–Crippen LogP) is 2.12. The molecule has 0 radical (unpaired) electrons. The Hall–Kier alpha value is -0.770. The topological polar surface area (TPSA) is 55.6 Å². The normalized spacial score (nSPS) is 32.7. The summed E-state index contributed by atoms with van der Waals surface area (Å²) in [4.78, 5) is 14.1. The minimum atomic E-state index is -0.428. The monoisotopic (exact) mass is 240 g/mol. The van der Waals surface area contributed by atoms with E-state index in [1.807, 2.05) is 25.7 Å². The minimum Gasteiger partial charge on any atom is -0.444 e. The fourth-order valence-electron chi connectivity index (χ4n) is 3.15. The van der Waals surface area contributed by atoms with E-state index in [1.165, 1.54) is 6.42 Å². The van der Waals surface area contributed by atoms with Crippen molar-refractivity contribution in [3.8, 4) is 0 Å². The second-order valence-corrected chi connectivity index (χ2v) is 6.46. The van der Waals surface area contributed by atoms with Gasteiger partial charge in [-0.25, -0.2) is 4.79 Å². The lowest BCUT2D eigenvalue weighted by Gasteiger charge is -2.44. The quantitative estimate of drug-likeness (QED) is 0.764. The molecule has 1 amide bonds. The first kappa shape index (κ1) is 12.7. The van der Waals surface area contributed by atoms with Gasteiger partial charge in [-0.05, 0) is 52.4 Å². The zero-order valence-electron chi connectivity index (χ0n) is 11.2. The lowest BCUT2D eigenvalue weighted by Crippen LogP contribution is -2.58. The molecule has 2 atom stereocenters. The van der Waals surface area contributed by atoms with Crippen LogP contribution in [0.5, 0.6) is 0 Å². The Bertz CT molecular complexity index is 311. The Kier molecular flexibility index (Phi) is 3.10. The molecule has 4 nitrogen and oxygen atoms in total. The van der Waals surface area contributed by atoms with Crippen molar-refractivity contribution in [2.45, 2.75) is 57.6 Å². The molecule has 0 aromatic carbocycles. The molecular weight excluding hydrogens is 216 g/mol. The maximum atomic E-state index is 12.2. The highest BCUT2D eigenvalue weighted by atomic mass is 16.6. The van der Waals surface area contributed by atoms with Gasteiger partial charge in [0.1, 0.15) is 5.60 Å². The Balaban J connectivity index is 2.11. The van der Waals surface area contributed by atoms with Gasteiger partial charge in [0.15, 0.2) is 0 Å². The van der Waals surface area contributed by atoms with Crippen LogP contribution in [0, 0.1) is 5.92 Å². The van der Waals surface area contributed by atoms with Crippen molar-refractivity contribution in [2.75, 3.05) is 13.1 Å². The van der Waals surface area contributed by atoms with Gasteiger partial charge in [-0.15, -0.1) is 0 Å². The number of nitrogens with two attached hydrogens (primary N) is 1. The van der Waals surface area contributed by atoms with Gasteiger partial charge in [-0.3, -0.25) is 0 Å². The van der Waals surface area contributed by atoms with E-state index < -0.39 is 5.60 Å². The highest BCUT2D eigenvalue weighted by Crippen LogP contribution is 2.44. The molecule has 1 aliphatic carbocycles. The van der Waals surface area contributed by atoms with Gasteiger partial charge in [0.25, 0.3) is 0 Å². The highest BCUT2D eigenvalue weighted by Gasteiger charge is 2.49. The van der Waals surface area contributed by atoms with Crippen LogP contribution >= 0.6 is 0 Å². The lowest BCUT2D eigenvalue weighted by atomic mass is 9.88. The highest BCUT2D eigenvalue weighted by molar-refractivity contribution is 5.69. The van der Waals surface area contributed by atoms with E-state index in [9.17, 15) is 4.79 Å². The van der Waals surface area contributed by atoms with Crippen molar-refractivity contribution in [3.05, 3.63) is 0 Å². The average molecular weight is 240 g/mol. The number of hydrogen-bond donors (Lipinski definition) is 1. The molecule has 0 spiro atoms. The summed E-state index contributed by atoms with van der Waals surface area (Å²) in [7, 11) is 0. The van der Waals surface area contributed by atoms with Gasteiger partial charge in [0.05, 0.1) is 5.54 Å². The van der Waals surface area contributed by atoms with Crippen LogP contribution in [0.2, 0.25) is 0 Å². The summed E-state index contributed by atoms with van der Waals surface area (Å²) in [6, 6.07) is 0. The number of nitrogens with zero attached hydrogens (tertiary/aromatic N) is 1. The van der Waals surface area contributed by atoms with Crippen LogP contribution in [0.3, 0.4) is 0 Å². The van der Waals surface area contributed by atoms with Gasteiger partial charge < -0.3 is 15.4 Å².